The summed E-state index contributed by atoms with van der Waals surface area (Å²) < 4.78 is 34.9. The third-order valence-corrected chi connectivity index (χ3v) is 1.59. The van der Waals surface area contributed by atoms with Gasteiger partial charge in [0.1, 0.15) is 19.0 Å². The lowest BCUT2D eigenvalue weighted by Crippen LogP contribution is -2.16. The van der Waals surface area contributed by atoms with E-state index in [1.807, 2.05) is 0 Å². The van der Waals surface area contributed by atoms with E-state index in [1.165, 1.54) is 7.11 Å². The summed E-state index contributed by atoms with van der Waals surface area (Å²) in [6, 6.07) is 2.88. The molecule has 0 radical (unpaired) electrons. The van der Waals surface area contributed by atoms with Crippen LogP contribution < -0.4 is 4.74 Å². The molecule has 0 aliphatic carbocycles. The number of rotatable bonds is 5. The van der Waals surface area contributed by atoms with Crippen LogP contribution in [0.15, 0.2) is 18.2 Å². The first kappa shape index (κ1) is 11.6. The van der Waals surface area contributed by atoms with E-state index in [0.29, 0.717) is 6.07 Å². The number of carbonyl (C=O) groups is 1. The summed E-state index contributed by atoms with van der Waals surface area (Å²) in [5.41, 5.74) is 0. The van der Waals surface area contributed by atoms with Gasteiger partial charge in [-0.2, -0.15) is 0 Å². The zero-order chi connectivity index (χ0) is 11.3. The Bertz CT molecular complexity index is 353. The van der Waals surface area contributed by atoms with Gasteiger partial charge in [-0.25, -0.2) is 8.78 Å². The highest BCUT2D eigenvalue weighted by Gasteiger charge is 2.07. The highest BCUT2D eigenvalue weighted by molar-refractivity contribution is 5.81. The van der Waals surface area contributed by atoms with Gasteiger partial charge in [-0.1, -0.05) is 0 Å². The summed E-state index contributed by atoms with van der Waals surface area (Å²) in [6.45, 7) is -0.390. The number of ether oxygens (including phenoxy) is 2. The first-order chi connectivity index (χ1) is 7.13. The number of halogens is 2. The number of ketones is 1. The molecule has 0 amide bonds. The van der Waals surface area contributed by atoms with Gasteiger partial charge in [-0.15, -0.1) is 0 Å². The van der Waals surface area contributed by atoms with Gasteiger partial charge in [0.25, 0.3) is 0 Å². The lowest BCUT2D eigenvalue weighted by atomic mass is 10.3. The molecular formula is C10H10F2O3. The zero-order valence-electron chi connectivity index (χ0n) is 8.13. The summed E-state index contributed by atoms with van der Waals surface area (Å²) in [4.78, 5) is 10.9. The number of Topliss-reactive ketones (excluding diaryl/α,β-unsaturated/α-hetero) is 1. The van der Waals surface area contributed by atoms with Crippen molar-refractivity contribution < 1.29 is 23.0 Å². The maximum atomic E-state index is 13.0. The van der Waals surface area contributed by atoms with Gasteiger partial charge >= 0.3 is 0 Å². The van der Waals surface area contributed by atoms with Gasteiger partial charge in [0.2, 0.25) is 0 Å². The maximum Gasteiger partial charge on any atom is 0.195 e. The number of methoxy groups -OCH3 is 1. The first-order valence-electron chi connectivity index (χ1n) is 4.22. The molecule has 0 saturated heterocycles. The average Bonchev–Trinajstić information content (AvgIpc) is 2.17. The van der Waals surface area contributed by atoms with E-state index in [9.17, 15) is 13.6 Å². The number of carbonyl (C=O) groups excluding carboxylic acids is 1. The molecule has 1 aromatic carbocycles. The molecule has 1 aromatic rings. The monoisotopic (exact) mass is 216 g/mol. The molecule has 0 aromatic heterocycles. The molecular weight excluding hydrogens is 206 g/mol. The van der Waals surface area contributed by atoms with Crippen molar-refractivity contribution in [3.63, 3.8) is 0 Å². The number of benzene rings is 1. The van der Waals surface area contributed by atoms with E-state index < -0.39 is 11.6 Å². The molecule has 0 unspecified atom stereocenters. The van der Waals surface area contributed by atoms with Crippen LogP contribution in [0.1, 0.15) is 0 Å². The molecule has 0 fully saturated rings. The van der Waals surface area contributed by atoms with Crippen LogP contribution in [0, 0.1) is 11.6 Å². The van der Waals surface area contributed by atoms with E-state index >= 15 is 0 Å². The molecule has 15 heavy (non-hydrogen) atoms. The van der Waals surface area contributed by atoms with Gasteiger partial charge in [-0.05, 0) is 12.1 Å². The Kier molecular flexibility index (Phi) is 4.17. The van der Waals surface area contributed by atoms with Gasteiger partial charge in [0.05, 0.1) is 0 Å². The Hall–Kier alpha value is -1.49. The molecule has 0 aliphatic rings. The highest BCUT2D eigenvalue weighted by atomic mass is 19.1. The third kappa shape index (κ3) is 3.63. The van der Waals surface area contributed by atoms with E-state index in [1.54, 1.807) is 0 Å². The van der Waals surface area contributed by atoms with Crippen molar-refractivity contribution in [1.82, 2.24) is 0 Å². The van der Waals surface area contributed by atoms with E-state index in [2.05, 4.69) is 4.74 Å². The first-order valence-corrected chi connectivity index (χ1v) is 4.22. The standard InChI is InChI=1S/C10H10F2O3/c1-14-5-8(13)6-15-10-3-2-7(11)4-9(10)12/h2-4H,5-6H2,1H3. The number of hydrogen-bond donors (Lipinski definition) is 0. The fraction of sp³-hybridized carbons (Fsp3) is 0.300. The minimum Gasteiger partial charge on any atom is -0.483 e. The molecule has 0 spiro atoms. The van der Waals surface area contributed by atoms with Crippen molar-refractivity contribution in [3.05, 3.63) is 29.8 Å². The predicted octanol–water partition coefficient (Wildman–Crippen LogP) is 1.56. The van der Waals surface area contributed by atoms with Crippen LogP contribution >= 0.6 is 0 Å². The Balaban J connectivity index is 2.54. The fourth-order valence-corrected chi connectivity index (χ4v) is 0.953. The molecule has 0 heterocycles. The summed E-state index contributed by atoms with van der Waals surface area (Å²) in [7, 11) is 1.37. The molecule has 0 saturated carbocycles. The summed E-state index contributed by atoms with van der Waals surface area (Å²) in [6.07, 6.45) is 0. The van der Waals surface area contributed by atoms with Crippen molar-refractivity contribution in [2.75, 3.05) is 20.3 Å². The largest absolute Gasteiger partial charge is 0.483 e. The molecule has 0 N–H and O–H groups in total. The van der Waals surface area contributed by atoms with E-state index in [4.69, 9.17) is 4.74 Å². The van der Waals surface area contributed by atoms with Crippen LogP contribution in [0.3, 0.4) is 0 Å². The quantitative estimate of drug-likeness (QED) is 0.749. The average molecular weight is 216 g/mol. The molecule has 3 nitrogen and oxygen atoms in total. The zero-order valence-corrected chi connectivity index (χ0v) is 8.13. The van der Waals surface area contributed by atoms with E-state index in [0.717, 1.165) is 12.1 Å². The van der Waals surface area contributed by atoms with Gasteiger partial charge in [0, 0.05) is 13.2 Å². The topological polar surface area (TPSA) is 35.5 Å². The maximum absolute atomic E-state index is 13.0. The van der Waals surface area contributed by atoms with Crippen molar-refractivity contribution >= 4 is 5.78 Å². The van der Waals surface area contributed by atoms with Crippen molar-refractivity contribution in [2.45, 2.75) is 0 Å². The molecule has 0 aliphatic heterocycles. The summed E-state index contributed by atoms with van der Waals surface area (Å²) >= 11 is 0. The van der Waals surface area contributed by atoms with Gasteiger partial charge in [-0.3, -0.25) is 4.79 Å². The van der Waals surface area contributed by atoms with Crippen LogP contribution in [0.4, 0.5) is 8.78 Å². The number of hydrogen-bond acceptors (Lipinski definition) is 3. The Morgan fingerprint density at radius 1 is 1.33 bits per heavy atom. The van der Waals surface area contributed by atoms with Crippen molar-refractivity contribution in [2.24, 2.45) is 0 Å². The minimum atomic E-state index is -0.833. The molecule has 5 heteroatoms. The smallest absolute Gasteiger partial charge is 0.195 e. The van der Waals surface area contributed by atoms with Gasteiger partial charge in [0.15, 0.2) is 17.3 Å². The molecule has 0 bridgehead atoms. The SMILES string of the molecule is COCC(=O)COc1ccc(F)cc1F. The van der Waals surface area contributed by atoms with Gasteiger partial charge < -0.3 is 9.47 Å². The van der Waals surface area contributed by atoms with Crippen molar-refractivity contribution in [1.29, 1.82) is 0 Å². The van der Waals surface area contributed by atoms with Crippen molar-refractivity contribution in [3.8, 4) is 5.75 Å². The van der Waals surface area contributed by atoms with Crippen LogP contribution in [0.2, 0.25) is 0 Å². The molecule has 1 rings (SSSR count). The fourth-order valence-electron chi connectivity index (χ4n) is 0.953. The predicted molar refractivity (Wildman–Crippen MR) is 48.7 cm³/mol. The van der Waals surface area contributed by atoms with Crippen LogP contribution in [-0.4, -0.2) is 26.1 Å². The lowest BCUT2D eigenvalue weighted by molar-refractivity contribution is -0.124. The Labute approximate surface area is 85.6 Å². The summed E-state index contributed by atoms with van der Waals surface area (Å²) in [5, 5.41) is 0. The Morgan fingerprint density at radius 3 is 2.67 bits per heavy atom. The van der Waals surface area contributed by atoms with Crippen LogP contribution in [0.25, 0.3) is 0 Å². The second kappa shape index (κ2) is 5.41. The van der Waals surface area contributed by atoms with E-state index in [-0.39, 0.29) is 24.7 Å². The highest BCUT2D eigenvalue weighted by Crippen LogP contribution is 2.17. The Morgan fingerprint density at radius 2 is 2.07 bits per heavy atom. The third-order valence-electron chi connectivity index (χ3n) is 1.59. The van der Waals surface area contributed by atoms with Crippen LogP contribution in [0.5, 0.6) is 5.75 Å². The van der Waals surface area contributed by atoms with Crippen LogP contribution in [-0.2, 0) is 9.53 Å². The second-order valence-electron chi connectivity index (χ2n) is 2.84. The molecule has 0 atom stereocenters. The summed E-state index contributed by atoms with van der Waals surface area (Å²) in [5.74, 6) is -2.00. The minimum absolute atomic E-state index is 0.0944. The normalized spacial score (nSPS) is 10.1. The molecule has 82 valence electrons. The second-order valence-corrected chi connectivity index (χ2v) is 2.84. The lowest BCUT2D eigenvalue weighted by Gasteiger charge is -2.05.